The van der Waals surface area contributed by atoms with E-state index in [2.05, 4.69) is 4.74 Å². The van der Waals surface area contributed by atoms with Gasteiger partial charge in [-0.15, -0.1) is 0 Å². The molecule has 2 atom stereocenters. The fraction of sp³-hybridized carbons (Fsp3) is 0.833. The zero-order chi connectivity index (χ0) is 15.9. The lowest BCUT2D eigenvalue weighted by atomic mass is 9.99. The summed E-state index contributed by atoms with van der Waals surface area (Å²) in [5, 5.41) is 0. The van der Waals surface area contributed by atoms with Crippen molar-refractivity contribution >= 4 is 11.9 Å². The number of carbonyl (C=O) groups excluding carboxylic acids is 2. The summed E-state index contributed by atoms with van der Waals surface area (Å²) in [5.74, 6) is -1.72. The van der Waals surface area contributed by atoms with Gasteiger partial charge in [-0.3, -0.25) is 9.59 Å². The fourth-order valence-electron chi connectivity index (χ4n) is 1.52. The molecule has 0 saturated carbocycles. The Balaban J connectivity index is 4.82. The van der Waals surface area contributed by atoms with Gasteiger partial charge in [-0.05, 0) is 5.92 Å². The molecule has 1 amide bonds. The van der Waals surface area contributed by atoms with Crippen molar-refractivity contribution in [2.24, 2.45) is 11.7 Å². The van der Waals surface area contributed by atoms with E-state index in [0.717, 1.165) is 7.11 Å². The Labute approximate surface area is 116 Å². The van der Waals surface area contributed by atoms with Crippen molar-refractivity contribution < 1.29 is 27.5 Å². The molecule has 0 unspecified atom stereocenters. The van der Waals surface area contributed by atoms with E-state index in [1.807, 2.05) is 0 Å². The maximum atomic E-state index is 12.5. The first-order chi connectivity index (χ1) is 9.12. The van der Waals surface area contributed by atoms with Crippen molar-refractivity contribution in [3.05, 3.63) is 0 Å². The Morgan fingerprint density at radius 3 is 2.30 bits per heavy atom. The molecule has 0 saturated heterocycles. The third-order valence-corrected chi connectivity index (χ3v) is 3.04. The molecule has 0 aromatic carbocycles. The van der Waals surface area contributed by atoms with E-state index >= 15 is 0 Å². The summed E-state index contributed by atoms with van der Waals surface area (Å²) in [5.41, 5.74) is 5.66. The van der Waals surface area contributed by atoms with Gasteiger partial charge in [0.05, 0.1) is 19.6 Å². The third kappa shape index (κ3) is 6.74. The Morgan fingerprint density at radius 1 is 1.35 bits per heavy atom. The molecule has 118 valence electrons. The van der Waals surface area contributed by atoms with Crippen molar-refractivity contribution in [3.8, 4) is 0 Å². The molecule has 20 heavy (non-hydrogen) atoms. The van der Waals surface area contributed by atoms with Gasteiger partial charge in [0.25, 0.3) is 0 Å². The zero-order valence-corrected chi connectivity index (χ0v) is 11.9. The minimum absolute atomic E-state index is 0.239. The molecule has 0 spiro atoms. The number of alkyl halides is 3. The normalized spacial score (nSPS) is 14.6. The van der Waals surface area contributed by atoms with E-state index in [4.69, 9.17) is 5.73 Å². The summed E-state index contributed by atoms with van der Waals surface area (Å²) in [6.07, 6.45) is -4.27. The monoisotopic (exact) mass is 298 g/mol. The number of rotatable bonds is 7. The topological polar surface area (TPSA) is 72.6 Å². The number of hydrogen-bond acceptors (Lipinski definition) is 4. The molecule has 0 bridgehead atoms. The smallest absolute Gasteiger partial charge is 0.406 e. The molecular weight excluding hydrogens is 277 g/mol. The first kappa shape index (κ1) is 18.7. The zero-order valence-electron chi connectivity index (χ0n) is 11.9. The third-order valence-electron chi connectivity index (χ3n) is 3.04. The maximum Gasteiger partial charge on any atom is 0.406 e. The molecule has 0 fully saturated rings. The molecule has 0 aliphatic carbocycles. The Kier molecular flexibility index (Phi) is 7.55. The summed E-state index contributed by atoms with van der Waals surface area (Å²) in [4.78, 5) is 23.5. The standard InChI is InChI=1S/C12H21F3N2O3/c1-4-8(2)10(16)11(19)17(7-12(13,14)15)6-5-9(18)20-3/h8,10H,4-7,16H2,1-3H3/t8-,10-/m0/s1. The van der Waals surface area contributed by atoms with E-state index < -0.39 is 30.6 Å². The van der Waals surface area contributed by atoms with Gasteiger partial charge in [-0.1, -0.05) is 20.3 Å². The van der Waals surface area contributed by atoms with Crippen LogP contribution in [-0.4, -0.2) is 49.2 Å². The van der Waals surface area contributed by atoms with Gasteiger partial charge in [0.2, 0.25) is 5.91 Å². The predicted octanol–water partition coefficient (Wildman–Crippen LogP) is 1.31. The van der Waals surface area contributed by atoms with Crippen LogP contribution >= 0.6 is 0 Å². The van der Waals surface area contributed by atoms with Gasteiger partial charge >= 0.3 is 12.1 Å². The van der Waals surface area contributed by atoms with Gasteiger partial charge < -0.3 is 15.4 Å². The van der Waals surface area contributed by atoms with E-state index in [9.17, 15) is 22.8 Å². The van der Waals surface area contributed by atoms with Crippen LogP contribution in [0.25, 0.3) is 0 Å². The highest BCUT2D eigenvalue weighted by Crippen LogP contribution is 2.18. The SMILES string of the molecule is CC[C@H](C)[C@H](N)C(=O)N(CCC(=O)OC)CC(F)(F)F. The van der Waals surface area contributed by atoms with Crippen molar-refractivity contribution in [2.75, 3.05) is 20.2 Å². The number of amides is 1. The van der Waals surface area contributed by atoms with Crippen molar-refractivity contribution in [1.82, 2.24) is 4.90 Å². The largest absolute Gasteiger partial charge is 0.469 e. The molecule has 0 heterocycles. The minimum Gasteiger partial charge on any atom is -0.469 e. The molecule has 0 radical (unpaired) electrons. The first-order valence-corrected chi connectivity index (χ1v) is 6.30. The highest BCUT2D eigenvalue weighted by Gasteiger charge is 2.35. The molecule has 8 heteroatoms. The first-order valence-electron chi connectivity index (χ1n) is 6.30. The Bertz CT molecular complexity index is 334. The van der Waals surface area contributed by atoms with Gasteiger partial charge in [0, 0.05) is 6.54 Å². The van der Waals surface area contributed by atoms with Gasteiger partial charge in [-0.25, -0.2) is 0 Å². The molecule has 0 aromatic rings. The highest BCUT2D eigenvalue weighted by molar-refractivity contribution is 5.82. The molecular formula is C12H21F3N2O3. The van der Waals surface area contributed by atoms with E-state index in [-0.39, 0.29) is 18.9 Å². The Hall–Kier alpha value is -1.31. The van der Waals surface area contributed by atoms with Crippen LogP contribution in [0, 0.1) is 5.92 Å². The molecule has 0 rings (SSSR count). The number of hydrogen-bond donors (Lipinski definition) is 1. The summed E-state index contributed by atoms with van der Waals surface area (Å²) in [6, 6.07) is -1.01. The van der Waals surface area contributed by atoms with Crippen LogP contribution in [0.1, 0.15) is 26.7 Å². The molecule has 5 nitrogen and oxygen atoms in total. The average molecular weight is 298 g/mol. The van der Waals surface area contributed by atoms with Crippen LogP contribution in [0.15, 0.2) is 0 Å². The van der Waals surface area contributed by atoms with Gasteiger partial charge in [0.15, 0.2) is 0 Å². The summed E-state index contributed by atoms with van der Waals surface area (Å²) in [7, 11) is 1.13. The van der Waals surface area contributed by atoms with E-state index in [0.29, 0.717) is 11.3 Å². The number of carbonyl (C=O) groups is 2. The van der Waals surface area contributed by atoms with Crippen molar-refractivity contribution in [1.29, 1.82) is 0 Å². The minimum atomic E-state index is -4.54. The van der Waals surface area contributed by atoms with Crippen LogP contribution < -0.4 is 5.73 Å². The summed E-state index contributed by atoms with van der Waals surface area (Å²) in [6.45, 7) is 1.69. The lowest BCUT2D eigenvalue weighted by Crippen LogP contribution is -2.50. The second kappa shape index (κ2) is 8.08. The van der Waals surface area contributed by atoms with Crippen LogP contribution in [0.5, 0.6) is 0 Å². The van der Waals surface area contributed by atoms with Gasteiger partial charge in [-0.2, -0.15) is 13.2 Å². The number of esters is 1. The predicted molar refractivity (Wildman–Crippen MR) is 66.7 cm³/mol. The summed E-state index contributed by atoms with van der Waals surface area (Å²) < 4.78 is 41.8. The molecule has 0 aromatic heterocycles. The van der Waals surface area contributed by atoms with Crippen molar-refractivity contribution in [3.63, 3.8) is 0 Å². The number of methoxy groups -OCH3 is 1. The summed E-state index contributed by atoms with van der Waals surface area (Å²) >= 11 is 0. The number of nitrogens with two attached hydrogens (primary N) is 1. The van der Waals surface area contributed by atoms with Crippen LogP contribution in [0.2, 0.25) is 0 Å². The average Bonchev–Trinajstić information content (AvgIpc) is 2.38. The van der Waals surface area contributed by atoms with Gasteiger partial charge in [0.1, 0.15) is 6.54 Å². The lowest BCUT2D eigenvalue weighted by molar-refractivity contribution is -0.164. The number of halogens is 3. The van der Waals surface area contributed by atoms with Crippen LogP contribution in [-0.2, 0) is 14.3 Å². The fourth-order valence-corrected chi connectivity index (χ4v) is 1.52. The van der Waals surface area contributed by atoms with Crippen LogP contribution in [0.3, 0.4) is 0 Å². The molecule has 2 N–H and O–H groups in total. The number of nitrogens with zero attached hydrogens (tertiary/aromatic N) is 1. The lowest BCUT2D eigenvalue weighted by Gasteiger charge is -2.28. The highest BCUT2D eigenvalue weighted by atomic mass is 19.4. The van der Waals surface area contributed by atoms with E-state index in [1.165, 1.54) is 0 Å². The Morgan fingerprint density at radius 2 is 1.90 bits per heavy atom. The maximum absolute atomic E-state index is 12.5. The second-order valence-electron chi connectivity index (χ2n) is 4.61. The van der Waals surface area contributed by atoms with Crippen molar-refractivity contribution in [2.45, 2.75) is 38.9 Å². The quantitative estimate of drug-likeness (QED) is 0.719. The van der Waals surface area contributed by atoms with Crippen LogP contribution in [0.4, 0.5) is 13.2 Å². The molecule has 0 aliphatic rings. The molecule has 0 aliphatic heterocycles. The second-order valence-corrected chi connectivity index (χ2v) is 4.61. The number of ether oxygens (including phenoxy) is 1. The van der Waals surface area contributed by atoms with E-state index in [1.54, 1.807) is 13.8 Å².